The van der Waals surface area contributed by atoms with Gasteiger partial charge in [-0.2, -0.15) is 0 Å². The van der Waals surface area contributed by atoms with Crippen molar-refractivity contribution in [3.05, 3.63) is 29.8 Å². The summed E-state index contributed by atoms with van der Waals surface area (Å²) < 4.78 is 0. The molecule has 1 aromatic carbocycles. The zero-order chi connectivity index (χ0) is 18.1. The van der Waals surface area contributed by atoms with Gasteiger partial charge >= 0.3 is 0 Å². The highest BCUT2D eigenvalue weighted by atomic mass is 32.2. The lowest BCUT2D eigenvalue weighted by Gasteiger charge is -2.41. The molecule has 1 N–H and O–H groups in total. The Balaban J connectivity index is 1.45. The van der Waals surface area contributed by atoms with Crippen molar-refractivity contribution >= 4 is 28.5 Å². The van der Waals surface area contributed by atoms with Gasteiger partial charge in [-0.15, -0.1) is 11.8 Å². The third kappa shape index (κ3) is 3.71. The molecular weight excluding hydrogens is 342 g/mol. The Kier molecular flexibility index (Phi) is 5.39. The summed E-state index contributed by atoms with van der Waals surface area (Å²) in [5, 5.41) is 11.0. The number of benzene rings is 1. The molecule has 0 radical (unpaired) electrons. The zero-order valence-corrected chi connectivity index (χ0v) is 16.6. The molecule has 0 aliphatic carbocycles. The van der Waals surface area contributed by atoms with Gasteiger partial charge in [-0.05, 0) is 68.7 Å². The van der Waals surface area contributed by atoms with Crippen molar-refractivity contribution < 1.29 is 5.11 Å². The zero-order valence-electron chi connectivity index (χ0n) is 15.8. The molecule has 140 valence electrons. The normalized spacial score (nSPS) is 20.8. The van der Waals surface area contributed by atoms with E-state index in [2.05, 4.69) is 47.2 Å². The maximum absolute atomic E-state index is 9.72. The van der Waals surface area contributed by atoms with Crippen molar-refractivity contribution in [2.45, 2.75) is 49.6 Å². The molecule has 0 bridgehead atoms. The Labute approximate surface area is 160 Å². The number of thioether (sulfide) groups is 1. The molecule has 0 atom stereocenters. The van der Waals surface area contributed by atoms with E-state index in [-0.39, 0.29) is 6.10 Å². The quantitative estimate of drug-likeness (QED) is 0.833. The fraction of sp³-hybridized carbons (Fsp3) is 0.571. The number of nitrogens with zero attached hydrogens (tertiary/aromatic N) is 3. The first-order valence-corrected chi connectivity index (χ1v) is 11.0. The van der Waals surface area contributed by atoms with Crippen LogP contribution in [0.2, 0.25) is 0 Å². The molecule has 4 rings (SSSR count). The van der Waals surface area contributed by atoms with E-state index in [0.717, 1.165) is 50.4 Å². The van der Waals surface area contributed by atoms with Crippen molar-refractivity contribution in [3.8, 4) is 0 Å². The fourth-order valence-electron chi connectivity index (χ4n) is 4.36. The van der Waals surface area contributed by atoms with Crippen LogP contribution in [0, 0.1) is 6.92 Å². The van der Waals surface area contributed by atoms with E-state index in [1.807, 2.05) is 0 Å². The highest BCUT2D eigenvalue weighted by Crippen LogP contribution is 2.29. The molecule has 2 fully saturated rings. The van der Waals surface area contributed by atoms with Gasteiger partial charge in [-0.3, -0.25) is 0 Å². The number of hydrogen-bond donors (Lipinski definition) is 1. The van der Waals surface area contributed by atoms with Crippen LogP contribution in [0.25, 0.3) is 10.9 Å². The van der Waals surface area contributed by atoms with Gasteiger partial charge in [0.05, 0.1) is 11.6 Å². The van der Waals surface area contributed by atoms with E-state index < -0.39 is 0 Å². The molecule has 0 spiro atoms. The molecule has 0 unspecified atom stereocenters. The Morgan fingerprint density at radius 2 is 1.77 bits per heavy atom. The first kappa shape index (κ1) is 18.1. The number of fused-ring (bicyclic) bond motifs is 1. The topological polar surface area (TPSA) is 39.6 Å². The Morgan fingerprint density at radius 1 is 1.04 bits per heavy atom. The maximum Gasteiger partial charge on any atom is 0.129 e. The lowest BCUT2D eigenvalue weighted by molar-refractivity contribution is 0.0542. The predicted molar refractivity (Wildman–Crippen MR) is 110 cm³/mol. The number of aliphatic hydroxyl groups is 1. The van der Waals surface area contributed by atoms with Gasteiger partial charge in [-0.1, -0.05) is 0 Å². The molecule has 4 nitrogen and oxygen atoms in total. The van der Waals surface area contributed by atoms with Gasteiger partial charge in [0.2, 0.25) is 0 Å². The van der Waals surface area contributed by atoms with Crippen LogP contribution in [0.3, 0.4) is 0 Å². The van der Waals surface area contributed by atoms with E-state index in [9.17, 15) is 5.11 Å². The molecular formula is C21H29N3OS. The van der Waals surface area contributed by atoms with E-state index in [1.54, 1.807) is 11.8 Å². The summed E-state index contributed by atoms with van der Waals surface area (Å²) in [5.41, 5.74) is 2.41. The summed E-state index contributed by atoms with van der Waals surface area (Å²) in [4.78, 5) is 11.3. The average molecular weight is 372 g/mol. The summed E-state index contributed by atoms with van der Waals surface area (Å²) in [6.45, 7) is 6.45. The first-order valence-electron chi connectivity index (χ1n) is 9.76. The van der Waals surface area contributed by atoms with Gasteiger partial charge in [0.1, 0.15) is 5.82 Å². The minimum atomic E-state index is -0.0808. The van der Waals surface area contributed by atoms with Gasteiger partial charge < -0.3 is 14.9 Å². The van der Waals surface area contributed by atoms with Crippen LogP contribution in [0.15, 0.2) is 29.2 Å². The SMILES string of the molecule is CSc1ccc2nc(N3CCC(N4CCC(O)CC4)CC3)cc(C)c2c1. The Morgan fingerprint density at radius 3 is 2.46 bits per heavy atom. The number of aliphatic hydroxyl groups excluding tert-OH is 1. The van der Waals surface area contributed by atoms with Gasteiger partial charge in [0.15, 0.2) is 0 Å². The van der Waals surface area contributed by atoms with E-state index in [0.29, 0.717) is 6.04 Å². The number of rotatable bonds is 3. The maximum atomic E-state index is 9.72. The van der Waals surface area contributed by atoms with Crippen molar-refractivity contribution in [2.24, 2.45) is 0 Å². The predicted octanol–water partition coefficient (Wildman–Crippen LogP) is 3.69. The molecule has 1 aromatic heterocycles. The number of pyridine rings is 1. The van der Waals surface area contributed by atoms with E-state index in [4.69, 9.17) is 4.98 Å². The van der Waals surface area contributed by atoms with Gasteiger partial charge in [-0.25, -0.2) is 4.98 Å². The summed E-state index contributed by atoms with van der Waals surface area (Å²) in [7, 11) is 0. The van der Waals surface area contributed by atoms with Crippen LogP contribution >= 0.6 is 11.8 Å². The molecule has 26 heavy (non-hydrogen) atoms. The summed E-state index contributed by atoms with van der Waals surface area (Å²) in [6, 6.07) is 9.50. The number of aryl methyl sites for hydroxylation is 1. The highest BCUT2D eigenvalue weighted by molar-refractivity contribution is 7.98. The van der Waals surface area contributed by atoms with Crippen LogP contribution in [0.5, 0.6) is 0 Å². The van der Waals surface area contributed by atoms with E-state index in [1.165, 1.54) is 28.7 Å². The minimum absolute atomic E-state index is 0.0808. The largest absolute Gasteiger partial charge is 0.393 e. The molecule has 5 heteroatoms. The third-order valence-corrected chi connectivity index (χ3v) is 6.74. The first-order chi connectivity index (χ1) is 12.6. The minimum Gasteiger partial charge on any atom is -0.393 e. The number of piperidine rings is 2. The van der Waals surface area contributed by atoms with E-state index >= 15 is 0 Å². The molecule has 2 aliphatic rings. The number of anilines is 1. The standard InChI is InChI=1S/C21H29N3OS/c1-15-13-21(22-20-4-3-18(26-2)14-19(15)20)24-9-5-16(6-10-24)23-11-7-17(25)8-12-23/h3-4,13-14,16-17,25H,5-12H2,1-2H3. The van der Waals surface area contributed by atoms with Crippen molar-refractivity contribution in [1.29, 1.82) is 0 Å². The fourth-order valence-corrected chi connectivity index (χ4v) is 4.80. The summed E-state index contributed by atoms with van der Waals surface area (Å²) in [5.74, 6) is 1.12. The van der Waals surface area contributed by atoms with Crippen molar-refractivity contribution in [2.75, 3.05) is 37.3 Å². The molecule has 2 aliphatic heterocycles. The van der Waals surface area contributed by atoms with Gasteiger partial charge in [0, 0.05) is 42.5 Å². The molecule has 0 saturated carbocycles. The lowest BCUT2D eigenvalue weighted by atomic mass is 9.99. The second-order valence-electron chi connectivity index (χ2n) is 7.67. The third-order valence-electron chi connectivity index (χ3n) is 6.01. The van der Waals surface area contributed by atoms with Crippen molar-refractivity contribution in [1.82, 2.24) is 9.88 Å². The van der Waals surface area contributed by atoms with Crippen LogP contribution in [-0.4, -0.2) is 59.6 Å². The molecule has 3 heterocycles. The van der Waals surface area contributed by atoms with Crippen LogP contribution in [-0.2, 0) is 0 Å². The number of likely N-dealkylation sites (tertiary alicyclic amines) is 1. The van der Waals surface area contributed by atoms with Crippen LogP contribution in [0.4, 0.5) is 5.82 Å². The lowest BCUT2D eigenvalue weighted by Crippen LogP contribution is -2.48. The summed E-state index contributed by atoms with van der Waals surface area (Å²) in [6.07, 6.45) is 6.29. The van der Waals surface area contributed by atoms with Crippen LogP contribution < -0.4 is 4.90 Å². The number of aromatic nitrogens is 1. The second kappa shape index (κ2) is 7.75. The molecule has 0 amide bonds. The Bertz CT molecular complexity index is 765. The van der Waals surface area contributed by atoms with Crippen LogP contribution in [0.1, 0.15) is 31.2 Å². The number of hydrogen-bond acceptors (Lipinski definition) is 5. The molecule has 2 aromatic rings. The Hall–Kier alpha value is -1.30. The highest BCUT2D eigenvalue weighted by Gasteiger charge is 2.28. The summed E-state index contributed by atoms with van der Waals surface area (Å²) >= 11 is 1.78. The van der Waals surface area contributed by atoms with Gasteiger partial charge in [0.25, 0.3) is 0 Å². The van der Waals surface area contributed by atoms with Crippen molar-refractivity contribution in [3.63, 3.8) is 0 Å². The second-order valence-corrected chi connectivity index (χ2v) is 8.55. The molecule has 2 saturated heterocycles. The average Bonchev–Trinajstić information content (AvgIpc) is 2.68. The monoisotopic (exact) mass is 371 g/mol. The smallest absolute Gasteiger partial charge is 0.129 e.